The monoisotopic (exact) mass is 414 g/mol. The Morgan fingerprint density at radius 1 is 1.28 bits per heavy atom. The molecule has 9 heteroatoms. The molecule has 1 saturated heterocycles. The van der Waals surface area contributed by atoms with Gasteiger partial charge in [0.1, 0.15) is 18.7 Å². The summed E-state index contributed by atoms with van der Waals surface area (Å²) in [6.45, 7) is 1.81. The number of methoxy groups -OCH3 is 1. The molecule has 1 aromatic carbocycles. The smallest absolute Gasteiger partial charge is 0.242 e. The standard InChI is InChI=1S/C20H23ClN6O2/c1-25(19(28)12-27-16-6-4-3-5-15(16)24-20(27)21)14-7-9-26(10-8-14)17-11-18(29-2)23-13-22-17/h3-6,11,13-14H,7-10,12H2,1-2H3. The Bertz CT molecular complexity index is 1020. The molecule has 1 aliphatic rings. The number of para-hydroxylation sites is 2. The lowest BCUT2D eigenvalue weighted by Crippen LogP contribution is -2.46. The number of hydrogen-bond donors (Lipinski definition) is 0. The van der Waals surface area contributed by atoms with Gasteiger partial charge >= 0.3 is 0 Å². The minimum absolute atomic E-state index is 0.0252. The minimum Gasteiger partial charge on any atom is -0.481 e. The fourth-order valence-corrected chi connectivity index (χ4v) is 3.99. The number of piperidine rings is 1. The van der Waals surface area contributed by atoms with E-state index in [0.29, 0.717) is 11.2 Å². The number of amides is 1. The molecule has 0 N–H and O–H groups in total. The predicted molar refractivity (Wildman–Crippen MR) is 111 cm³/mol. The maximum atomic E-state index is 12.9. The Morgan fingerprint density at radius 2 is 2.03 bits per heavy atom. The molecule has 1 aliphatic heterocycles. The van der Waals surface area contributed by atoms with Crippen molar-refractivity contribution < 1.29 is 9.53 Å². The molecule has 8 nitrogen and oxygen atoms in total. The summed E-state index contributed by atoms with van der Waals surface area (Å²) in [5.41, 5.74) is 1.66. The third-order valence-electron chi connectivity index (χ3n) is 5.47. The highest BCUT2D eigenvalue weighted by atomic mass is 35.5. The number of nitrogens with zero attached hydrogens (tertiary/aromatic N) is 6. The lowest BCUT2D eigenvalue weighted by Gasteiger charge is -2.37. The topological polar surface area (TPSA) is 76.4 Å². The molecule has 1 amide bonds. The zero-order valence-corrected chi connectivity index (χ0v) is 17.2. The van der Waals surface area contributed by atoms with E-state index in [1.54, 1.807) is 11.7 Å². The van der Waals surface area contributed by atoms with E-state index in [9.17, 15) is 4.79 Å². The van der Waals surface area contributed by atoms with E-state index < -0.39 is 0 Å². The van der Waals surface area contributed by atoms with Crippen LogP contribution in [0.15, 0.2) is 36.7 Å². The fourth-order valence-electron chi connectivity index (χ4n) is 3.74. The van der Waals surface area contributed by atoms with Crippen LogP contribution in [0.2, 0.25) is 5.28 Å². The molecule has 0 atom stereocenters. The van der Waals surface area contributed by atoms with Gasteiger partial charge in [0.2, 0.25) is 17.1 Å². The van der Waals surface area contributed by atoms with Crippen LogP contribution in [-0.2, 0) is 11.3 Å². The number of rotatable bonds is 5. The van der Waals surface area contributed by atoms with Crippen LogP contribution in [0.3, 0.4) is 0 Å². The number of ether oxygens (including phenoxy) is 1. The molecule has 0 spiro atoms. The molecule has 2 aromatic heterocycles. The van der Waals surface area contributed by atoms with Gasteiger partial charge < -0.3 is 19.1 Å². The van der Waals surface area contributed by atoms with Crippen molar-refractivity contribution in [2.24, 2.45) is 0 Å². The number of imidazole rings is 1. The second-order valence-electron chi connectivity index (χ2n) is 7.10. The molecular formula is C20H23ClN6O2. The molecule has 3 aromatic rings. The van der Waals surface area contributed by atoms with E-state index in [0.717, 1.165) is 42.8 Å². The summed E-state index contributed by atoms with van der Waals surface area (Å²) < 4.78 is 6.94. The van der Waals surface area contributed by atoms with Gasteiger partial charge in [-0.1, -0.05) is 12.1 Å². The molecule has 0 unspecified atom stereocenters. The number of fused-ring (bicyclic) bond motifs is 1. The summed E-state index contributed by atoms with van der Waals surface area (Å²) in [4.78, 5) is 29.6. The van der Waals surface area contributed by atoms with E-state index >= 15 is 0 Å². The Kier molecular flexibility index (Phi) is 5.53. The average Bonchev–Trinajstić information content (AvgIpc) is 3.08. The molecule has 152 valence electrons. The maximum absolute atomic E-state index is 12.9. The molecule has 29 heavy (non-hydrogen) atoms. The van der Waals surface area contributed by atoms with Crippen molar-refractivity contribution in [3.8, 4) is 5.88 Å². The molecule has 0 bridgehead atoms. The highest BCUT2D eigenvalue weighted by Gasteiger charge is 2.27. The van der Waals surface area contributed by atoms with Crippen LogP contribution in [0.1, 0.15) is 12.8 Å². The Hall–Kier alpha value is -2.87. The van der Waals surface area contributed by atoms with Crippen molar-refractivity contribution in [1.82, 2.24) is 24.4 Å². The Morgan fingerprint density at radius 3 is 2.79 bits per heavy atom. The van der Waals surface area contributed by atoms with Gasteiger partial charge in [0.15, 0.2) is 0 Å². The quantitative estimate of drug-likeness (QED) is 0.638. The Labute approximate surface area is 174 Å². The van der Waals surface area contributed by atoms with Crippen molar-refractivity contribution in [3.63, 3.8) is 0 Å². The van der Waals surface area contributed by atoms with Gasteiger partial charge in [-0.25, -0.2) is 15.0 Å². The van der Waals surface area contributed by atoms with Gasteiger partial charge in [0.05, 0.1) is 18.1 Å². The highest BCUT2D eigenvalue weighted by Crippen LogP contribution is 2.24. The summed E-state index contributed by atoms with van der Waals surface area (Å²) in [5, 5.41) is 0.334. The largest absolute Gasteiger partial charge is 0.481 e. The lowest BCUT2D eigenvalue weighted by atomic mass is 10.0. The van der Waals surface area contributed by atoms with Gasteiger partial charge in [0, 0.05) is 32.2 Å². The third kappa shape index (κ3) is 3.98. The van der Waals surface area contributed by atoms with Crippen molar-refractivity contribution >= 4 is 34.4 Å². The molecule has 4 rings (SSSR count). The lowest BCUT2D eigenvalue weighted by molar-refractivity contribution is -0.132. The number of anilines is 1. The number of likely N-dealkylation sites (N-methyl/N-ethyl adjacent to an activating group) is 1. The second-order valence-corrected chi connectivity index (χ2v) is 7.44. The van der Waals surface area contributed by atoms with E-state index in [-0.39, 0.29) is 18.5 Å². The molecule has 0 saturated carbocycles. The first-order valence-corrected chi connectivity index (χ1v) is 9.92. The van der Waals surface area contributed by atoms with Gasteiger partial charge in [-0.15, -0.1) is 0 Å². The van der Waals surface area contributed by atoms with Crippen LogP contribution >= 0.6 is 11.6 Å². The third-order valence-corrected chi connectivity index (χ3v) is 5.76. The van der Waals surface area contributed by atoms with Crippen molar-refractivity contribution in [2.45, 2.75) is 25.4 Å². The van der Waals surface area contributed by atoms with Crippen LogP contribution in [-0.4, -0.2) is 63.6 Å². The van der Waals surface area contributed by atoms with Crippen LogP contribution in [0, 0.1) is 0 Å². The van der Waals surface area contributed by atoms with Crippen LogP contribution in [0.4, 0.5) is 5.82 Å². The first-order valence-electron chi connectivity index (χ1n) is 9.54. The van der Waals surface area contributed by atoms with Gasteiger partial charge in [-0.05, 0) is 36.6 Å². The zero-order chi connectivity index (χ0) is 20.4. The summed E-state index contributed by atoms with van der Waals surface area (Å²) in [6, 6.07) is 9.66. The van der Waals surface area contributed by atoms with Gasteiger partial charge in [-0.3, -0.25) is 4.79 Å². The maximum Gasteiger partial charge on any atom is 0.242 e. The Balaban J connectivity index is 1.39. The number of benzene rings is 1. The van der Waals surface area contributed by atoms with E-state index in [2.05, 4.69) is 19.9 Å². The fraction of sp³-hybridized carbons (Fsp3) is 0.400. The molecule has 3 heterocycles. The van der Waals surface area contributed by atoms with Crippen molar-refractivity contribution in [3.05, 3.63) is 41.9 Å². The van der Waals surface area contributed by atoms with Crippen LogP contribution in [0.5, 0.6) is 5.88 Å². The first kappa shape index (κ1) is 19.4. The molecule has 0 aliphatic carbocycles. The highest BCUT2D eigenvalue weighted by molar-refractivity contribution is 6.29. The number of carbonyl (C=O) groups excluding carboxylic acids is 1. The average molecular weight is 415 g/mol. The van der Waals surface area contributed by atoms with E-state index in [4.69, 9.17) is 16.3 Å². The number of halogens is 1. The number of hydrogen-bond acceptors (Lipinski definition) is 6. The normalized spacial score (nSPS) is 14.9. The van der Waals surface area contributed by atoms with Crippen LogP contribution in [0.25, 0.3) is 11.0 Å². The van der Waals surface area contributed by atoms with E-state index in [1.807, 2.05) is 42.3 Å². The number of carbonyl (C=O) groups is 1. The van der Waals surface area contributed by atoms with Gasteiger partial charge in [0.25, 0.3) is 0 Å². The molecule has 0 radical (unpaired) electrons. The number of aromatic nitrogens is 4. The second kappa shape index (κ2) is 8.24. The summed E-state index contributed by atoms with van der Waals surface area (Å²) >= 11 is 6.27. The van der Waals surface area contributed by atoms with Crippen molar-refractivity contribution in [1.29, 1.82) is 0 Å². The zero-order valence-electron chi connectivity index (χ0n) is 16.5. The predicted octanol–water partition coefficient (Wildman–Crippen LogP) is 2.62. The van der Waals surface area contributed by atoms with Gasteiger partial charge in [-0.2, -0.15) is 0 Å². The first-order chi connectivity index (χ1) is 14.1. The van der Waals surface area contributed by atoms with Crippen LogP contribution < -0.4 is 9.64 Å². The SMILES string of the molecule is COc1cc(N2CCC(N(C)C(=O)Cn3c(Cl)nc4ccccc43)CC2)ncn1. The summed E-state index contributed by atoms with van der Waals surface area (Å²) in [7, 11) is 3.46. The molecule has 1 fully saturated rings. The van der Waals surface area contributed by atoms with Crippen molar-refractivity contribution in [2.75, 3.05) is 32.1 Å². The molecular weight excluding hydrogens is 392 g/mol. The minimum atomic E-state index is 0.0252. The summed E-state index contributed by atoms with van der Waals surface area (Å²) in [6.07, 6.45) is 3.25. The summed E-state index contributed by atoms with van der Waals surface area (Å²) in [5.74, 6) is 1.42. The van der Waals surface area contributed by atoms with E-state index in [1.165, 1.54) is 6.33 Å².